The van der Waals surface area contributed by atoms with E-state index in [9.17, 15) is 9.59 Å². The van der Waals surface area contributed by atoms with Gasteiger partial charge in [-0.3, -0.25) is 9.59 Å². The Morgan fingerprint density at radius 3 is 2.72 bits per heavy atom. The normalized spacial score (nSPS) is 19.9. The van der Waals surface area contributed by atoms with Crippen molar-refractivity contribution in [3.8, 4) is 0 Å². The van der Waals surface area contributed by atoms with Crippen molar-refractivity contribution in [3.63, 3.8) is 0 Å². The summed E-state index contributed by atoms with van der Waals surface area (Å²) in [6.07, 6.45) is 1.39. The summed E-state index contributed by atoms with van der Waals surface area (Å²) in [5.41, 5.74) is 0.475. The first-order valence-corrected chi connectivity index (χ1v) is 6.77. The van der Waals surface area contributed by atoms with Gasteiger partial charge < -0.3 is 10.0 Å². The molecule has 1 N–H and O–H groups in total. The van der Waals surface area contributed by atoms with E-state index in [0.29, 0.717) is 25.2 Å². The SMILES string of the molecule is Cc1nc(C(=O)N2CCC[C@H](C(=O)O)C2)c(C)s1. The Balaban J connectivity index is 2.14. The number of hydrogen-bond donors (Lipinski definition) is 1. The number of nitrogens with zero attached hydrogens (tertiary/aromatic N) is 2. The molecule has 2 rings (SSSR count). The average molecular weight is 268 g/mol. The van der Waals surface area contributed by atoms with E-state index in [1.165, 1.54) is 11.3 Å². The molecule has 0 spiro atoms. The molecule has 0 aromatic carbocycles. The van der Waals surface area contributed by atoms with E-state index in [-0.39, 0.29) is 5.91 Å². The van der Waals surface area contributed by atoms with Gasteiger partial charge in [0.2, 0.25) is 0 Å². The summed E-state index contributed by atoms with van der Waals surface area (Å²) in [6.45, 7) is 4.66. The third kappa shape index (κ3) is 2.53. The highest BCUT2D eigenvalue weighted by atomic mass is 32.1. The van der Waals surface area contributed by atoms with Crippen LogP contribution in [0.1, 0.15) is 33.2 Å². The molecule has 0 bridgehead atoms. The Morgan fingerprint density at radius 1 is 1.44 bits per heavy atom. The van der Waals surface area contributed by atoms with Gasteiger partial charge in [0.1, 0.15) is 5.69 Å². The summed E-state index contributed by atoms with van der Waals surface area (Å²) in [6, 6.07) is 0. The van der Waals surface area contributed by atoms with Crippen molar-refractivity contribution in [3.05, 3.63) is 15.6 Å². The van der Waals surface area contributed by atoms with Gasteiger partial charge in [0.15, 0.2) is 0 Å². The number of aromatic nitrogens is 1. The minimum absolute atomic E-state index is 0.136. The molecule has 1 aromatic heterocycles. The molecule has 0 unspecified atom stereocenters. The lowest BCUT2D eigenvalue weighted by Gasteiger charge is -2.30. The van der Waals surface area contributed by atoms with Crippen LogP contribution >= 0.6 is 11.3 Å². The predicted octanol–water partition coefficient (Wildman–Crippen LogP) is 1.70. The summed E-state index contributed by atoms with van der Waals surface area (Å²) in [5.74, 6) is -1.40. The third-order valence-electron chi connectivity index (χ3n) is 3.16. The number of carbonyl (C=O) groups is 2. The van der Waals surface area contributed by atoms with Crippen molar-refractivity contribution in [2.24, 2.45) is 5.92 Å². The fraction of sp³-hybridized carbons (Fsp3) is 0.583. The minimum atomic E-state index is -0.821. The van der Waals surface area contributed by atoms with Crippen molar-refractivity contribution >= 4 is 23.2 Å². The zero-order valence-electron chi connectivity index (χ0n) is 10.5. The Hall–Kier alpha value is -1.43. The van der Waals surface area contributed by atoms with Gasteiger partial charge in [-0.25, -0.2) is 4.98 Å². The quantitative estimate of drug-likeness (QED) is 0.886. The average Bonchev–Trinajstić information content (AvgIpc) is 2.67. The number of piperidine rings is 1. The fourth-order valence-corrected chi connectivity index (χ4v) is 3.05. The van der Waals surface area contributed by atoms with Crippen LogP contribution in [0.2, 0.25) is 0 Å². The van der Waals surface area contributed by atoms with Gasteiger partial charge in [0, 0.05) is 18.0 Å². The molecule has 1 saturated heterocycles. The van der Waals surface area contributed by atoms with E-state index in [2.05, 4.69) is 4.98 Å². The van der Waals surface area contributed by atoms with E-state index < -0.39 is 11.9 Å². The highest BCUT2D eigenvalue weighted by Gasteiger charge is 2.30. The molecule has 6 heteroatoms. The molecule has 18 heavy (non-hydrogen) atoms. The van der Waals surface area contributed by atoms with Crippen LogP contribution in [-0.4, -0.2) is 40.0 Å². The van der Waals surface area contributed by atoms with Crippen LogP contribution in [0.25, 0.3) is 0 Å². The van der Waals surface area contributed by atoms with Crippen LogP contribution in [-0.2, 0) is 4.79 Å². The molecule has 1 aliphatic rings. The molecule has 1 aliphatic heterocycles. The second-order valence-electron chi connectivity index (χ2n) is 4.57. The number of carbonyl (C=O) groups excluding carboxylic acids is 1. The number of carboxylic acid groups (broad SMARTS) is 1. The highest BCUT2D eigenvalue weighted by molar-refractivity contribution is 7.11. The van der Waals surface area contributed by atoms with Gasteiger partial charge in [-0.15, -0.1) is 11.3 Å². The Bertz CT molecular complexity index is 484. The van der Waals surface area contributed by atoms with E-state index in [1.807, 2.05) is 13.8 Å². The molecule has 5 nitrogen and oxygen atoms in total. The first-order chi connectivity index (χ1) is 8.49. The summed E-state index contributed by atoms with van der Waals surface area (Å²) in [7, 11) is 0. The van der Waals surface area contributed by atoms with Crippen LogP contribution in [0.15, 0.2) is 0 Å². The summed E-state index contributed by atoms with van der Waals surface area (Å²) >= 11 is 1.49. The smallest absolute Gasteiger partial charge is 0.308 e. The Kier molecular flexibility index (Phi) is 3.65. The number of likely N-dealkylation sites (tertiary alicyclic amines) is 1. The van der Waals surface area contributed by atoms with Gasteiger partial charge in [-0.1, -0.05) is 0 Å². The third-order valence-corrected chi connectivity index (χ3v) is 4.05. The first-order valence-electron chi connectivity index (χ1n) is 5.95. The molecule has 2 heterocycles. The molecular formula is C12H16N2O3S. The maximum absolute atomic E-state index is 12.3. The molecule has 1 atom stereocenters. The maximum atomic E-state index is 12.3. The van der Waals surface area contributed by atoms with Crippen molar-refractivity contribution in [1.82, 2.24) is 9.88 Å². The second kappa shape index (κ2) is 5.06. The molecule has 1 fully saturated rings. The number of hydrogen-bond acceptors (Lipinski definition) is 4. The van der Waals surface area contributed by atoms with Gasteiger partial charge in [-0.05, 0) is 26.7 Å². The molecule has 0 aliphatic carbocycles. The van der Waals surface area contributed by atoms with E-state index in [1.54, 1.807) is 4.90 Å². The van der Waals surface area contributed by atoms with Crippen LogP contribution in [0.4, 0.5) is 0 Å². The van der Waals surface area contributed by atoms with Crippen LogP contribution in [0.3, 0.4) is 0 Å². The fourth-order valence-electron chi connectivity index (χ4n) is 2.24. The minimum Gasteiger partial charge on any atom is -0.481 e. The van der Waals surface area contributed by atoms with Gasteiger partial charge in [0.05, 0.1) is 10.9 Å². The summed E-state index contributed by atoms with van der Waals surface area (Å²) < 4.78 is 0. The van der Waals surface area contributed by atoms with E-state index in [0.717, 1.165) is 16.3 Å². The second-order valence-corrected chi connectivity index (χ2v) is 5.97. The first kappa shape index (κ1) is 13.0. The largest absolute Gasteiger partial charge is 0.481 e. The van der Waals surface area contributed by atoms with Crippen molar-refractivity contribution in [2.75, 3.05) is 13.1 Å². The van der Waals surface area contributed by atoms with Crippen LogP contribution in [0, 0.1) is 19.8 Å². The number of aryl methyl sites for hydroxylation is 2. The molecule has 0 radical (unpaired) electrons. The lowest BCUT2D eigenvalue weighted by Crippen LogP contribution is -2.42. The number of aliphatic carboxylic acids is 1. The zero-order valence-corrected chi connectivity index (χ0v) is 11.3. The highest BCUT2D eigenvalue weighted by Crippen LogP contribution is 2.22. The van der Waals surface area contributed by atoms with E-state index >= 15 is 0 Å². The summed E-state index contributed by atoms with van der Waals surface area (Å²) in [4.78, 5) is 30.0. The molecular weight excluding hydrogens is 252 g/mol. The van der Waals surface area contributed by atoms with Crippen LogP contribution < -0.4 is 0 Å². The van der Waals surface area contributed by atoms with Crippen LogP contribution in [0.5, 0.6) is 0 Å². The molecule has 0 saturated carbocycles. The maximum Gasteiger partial charge on any atom is 0.308 e. The van der Waals surface area contributed by atoms with Crippen molar-refractivity contribution in [2.45, 2.75) is 26.7 Å². The number of thiazole rings is 1. The lowest BCUT2D eigenvalue weighted by molar-refractivity contribution is -0.143. The molecule has 1 aromatic rings. The number of rotatable bonds is 2. The Morgan fingerprint density at radius 2 is 2.17 bits per heavy atom. The van der Waals surface area contributed by atoms with Crippen molar-refractivity contribution < 1.29 is 14.7 Å². The Labute approximate surface area is 109 Å². The van der Waals surface area contributed by atoms with Gasteiger partial charge >= 0.3 is 5.97 Å². The zero-order chi connectivity index (χ0) is 13.3. The van der Waals surface area contributed by atoms with E-state index in [4.69, 9.17) is 5.11 Å². The van der Waals surface area contributed by atoms with Gasteiger partial charge in [0.25, 0.3) is 5.91 Å². The predicted molar refractivity (Wildman–Crippen MR) is 67.9 cm³/mol. The number of carboxylic acids is 1. The number of amides is 1. The van der Waals surface area contributed by atoms with Gasteiger partial charge in [-0.2, -0.15) is 0 Å². The monoisotopic (exact) mass is 268 g/mol. The summed E-state index contributed by atoms with van der Waals surface area (Å²) in [5, 5.41) is 9.88. The molecule has 98 valence electrons. The topological polar surface area (TPSA) is 70.5 Å². The lowest BCUT2D eigenvalue weighted by atomic mass is 9.98. The molecule has 1 amide bonds. The standard InChI is InChI=1S/C12H16N2O3S/c1-7-10(13-8(2)18-7)11(15)14-5-3-4-9(6-14)12(16)17/h9H,3-6H2,1-2H3,(H,16,17)/t9-/m0/s1. The van der Waals surface area contributed by atoms with Crippen molar-refractivity contribution in [1.29, 1.82) is 0 Å².